The molecule has 0 bridgehead atoms. The number of nitrogens with one attached hydrogen (secondary N) is 2. The summed E-state index contributed by atoms with van der Waals surface area (Å²) in [6.07, 6.45) is 0.380. The van der Waals surface area contributed by atoms with Crippen LogP contribution in [0.1, 0.15) is 16.7 Å². The quantitative estimate of drug-likeness (QED) is 0.677. The number of hydrogen-bond acceptors (Lipinski definition) is 3. The molecule has 3 rings (SSSR count). The Bertz CT molecular complexity index is 957. The molecule has 0 saturated carbocycles. The largest absolute Gasteiger partial charge is 0.416 e. The Kier molecular flexibility index (Phi) is 5.58. The maximum absolute atomic E-state index is 13.0. The molecule has 0 atom stereocenters. The lowest BCUT2D eigenvalue weighted by molar-refractivity contribution is -0.138. The summed E-state index contributed by atoms with van der Waals surface area (Å²) in [7, 11) is 0. The van der Waals surface area contributed by atoms with E-state index in [9.17, 15) is 18.0 Å². The number of halogens is 3. The van der Waals surface area contributed by atoms with E-state index in [4.69, 9.17) is 0 Å². The van der Waals surface area contributed by atoms with Crippen molar-refractivity contribution in [2.75, 3.05) is 5.32 Å². The number of rotatable bonds is 4. The van der Waals surface area contributed by atoms with Crippen molar-refractivity contribution in [1.29, 1.82) is 0 Å². The normalized spacial score (nSPS) is 11.1. The zero-order valence-corrected chi connectivity index (χ0v) is 14.9. The van der Waals surface area contributed by atoms with E-state index in [0.717, 1.165) is 22.8 Å². The standard InChI is InChI=1S/C20H17F3N4O/c1-13-2-7-17(8-18(13)20(21,22)23)27-19(28)26-9-14-3-5-15(6-4-14)16-10-24-12-25-11-16/h2-8,10-12H,9H2,1H3,(H2,26,27,28). The van der Waals surface area contributed by atoms with Gasteiger partial charge >= 0.3 is 12.2 Å². The predicted octanol–water partition coefficient (Wildman–Crippen LogP) is 4.79. The number of alkyl halides is 3. The van der Waals surface area contributed by atoms with Crippen molar-refractivity contribution < 1.29 is 18.0 Å². The predicted molar refractivity (Wildman–Crippen MR) is 99.5 cm³/mol. The molecular weight excluding hydrogens is 369 g/mol. The number of hydrogen-bond donors (Lipinski definition) is 2. The zero-order chi connectivity index (χ0) is 20.1. The van der Waals surface area contributed by atoms with Crippen molar-refractivity contribution in [2.24, 2.45) is 0 Å². The zero-order valence-electron chi connectivity index (χ0n) is 14.9. The fraction of sp³-hybridized carbons (Fsp3) is 0.150. The van der Waals surface area contributed by atoms with Crippen LogP contribution in [0.25, 0.3) is 11.1 Å². The van der Waals surface area contributed by atoms with E-state index in [-0.39, 0.29) is 17.8 Å². The molecular formula is C20H17F3N4O. The van der Waals surface area contributed by atoms with Gasteiger partial charge in [0.2, 0.25) is 0 Å². The van der Waals surface area contributed by atoms with Gasteiger partial charge in [0.25, 0.3) is 0 Å². The molecule has 1 aromatic heterocycles. The van der Waals surface area contributed by atoms with Crippen molar-refractivity contribution >= 4 is 11.7 Å². The van der Waals surface area contributed by atoms with Gasteiger partial charge in [-0.15, -0.1) is 0 Å². The Morgan fingerprint density at radius 2 is 1.68 bits per heavy atom. The van der Waals surface area contributed by atoms with Crippen LogP contribution in [0.4, 0.5) is 23.7 Å². The highest BCUT2D eigenvalue weighted by molar-refractivity contribution is 5.89. The Labute approximate surface area is 159 Å². The number of benzene rings is 2. The molecule has 0 fully saturated rings. The second-order valence-corrected chi connectivity index (χ2v) is 6.16. The Balaban J connectivity index is 1.59. The minimum absolute atomic E-state index is 0.0786. The lowest BCUT2D eigenvalue weighted by atomic mass is 10.1. The van der Waals surface area contributed by atoms with E-state index in [1.165, 1.54) is 25.4 Å². The van der Waals surface area contributed by atoms with E-state index >= 15 is 0 Å². The van der Waals surface area contributed by atoms with Gasteiger partial charge in [0, 0.05) is 30.2 Å². The fourth-order valence-electron chi connectivity index (χ4n) is 2.63. The van der Waals surface area contributed by atoms with Gasteiger partial charge in [-0.25, -0.2) is 14.8 Å². The van der Waals surface area contributed by atoms with Crippen molar-refractivity contribution in [3.8, 4) is 11.1 Å². The molecule has 2 aromatic carbocycles. The Morgan fingerprint density at radius 1 is 1.00 bits per heavy atom. The molecule has 0 radical (unpaired) electrons. The van der Waals surface area contributed by atoms with Crippen LogP contribution in [-0.2, 0) is 12.7 Å². The van der Waals surface area contributed by atoms with E-state index in [2.05, 4.69) is 20.6 Å². The van der Waals surface area contributed by atoms with E-state index < -0.39 is 17.8 Å². The third kappa shape index (κ3) is 4.85. The van der Waals surface area contributed by atoms with Crippen LogP contribution in [0.2, 0.25) is 0 Å². The molecule has 8 heteroatoms. The van der Waals surface area contributed by atoms with Gasteiger partial charge in [0.15, 0.2) is 0 Å². The van der Waals surface area contributed by atoms with Gasteiger partial charge in [0.1, 0.15) is 6.33 Å². The first kappa shape index (κ1) is 19.3. The SMILES string of the molecule is Cc1ccc(NC(=O)NCc2ccc(-c3cncnc3)cc2)cc1C(F)(F)F. The minimum Gasteiger partial charge on any atom is -0.334 e. The highest BCUT2D eigenvalue weighted by Gasteiger charge is 2.32. The molecule has 5 nitrogen and oxygen atoms in total. The van der Waals surface area contributed by atoms with Crippen molar-refractivity contribution in [3.05, 3.63) is 77.9 Å². The third-order valence-electron chi connectivity index (χ3n) is 4.10. The lowest BCUT2D eigenvalue weighted by Gasteiger charge is -2.13. The fourth-order valence-corrected chi connectivity index (χ4v) is 2.63. The molecule has 1 heterocycles. The average Bonchev–Trinajstić information content (AvgIpc) is 2.68. The molecule has 144 valence electrons. The van der Waals surface area contributed by atoms with Crippen LogP contribution in [0.3, 0.4) is 0 Å². The summed E-state index contributed by atoms with van der Waals surface area (Å²) in [5.41, 5.74) is 2.06. The summed E-state index contributed by atoms with van der Waals surface area (Å²) in [4.78, 5) is 19.9. The molecule has 2 N–H and O–H groups in total. The number of carbonyl (C=O) groups excluding carboxylic acids is 1. The van der Waals surface area contributed by atoms with Gasteiger partial charge < -0.3 is 10.6 Å². The first-order valence-corrected chi connectivity index (χ1v) is 8.40. The number of amides is 2. The maximum Gasteiger partial charge on any atom is 0.416 e. The van der Waals surface area contributed by atoms with Crippen LogP contribution >= 0.6 is 0 Å². The number of aromatic nitrogens is 2. The summed E-state index contributed by atoms with van der Waals surface area (Å²) in [5, 5.41) is 5.05. The first-order valence-electron chi connectivity index (χ1n) is 8.40. The van der Waals surface area contributed by atoms with Crippen LogP contribution in [0, 0.1) is 6.92 Å². The number of urea groups is 1. The van der Waals surface area contributed by atoms with Gasteiger partial charge in [0.05, 0.1) is 5.56 Å². The average molecular weight is 386 g/mol. The van der Waals surface area contributed by atoms with Crippen molar-refractivity contribution in [1.82, 2.24) is 15.3 Å². The monoisotopic (exact) mass is 386 g/mol. The highest BCUT2D eigenvalue weighted by Crippen LogP contribution is 2.33. The molecule has 0 aliphatic heterocycles. The van der Waals surface area contributed by atoms with Crippen molar-refractivity contribution in [3.63, 3.8) is 0 Å². The molecule has 0 aliphatic carbocycles. The lowest BCUT2D eigenvalue weighted by Crippen LogP contribution is -2.28. The topological polar surface area (TPSA) is 66.9 Å². The van der Waals surface area contributed by atoms with Gasteiger partial charge in [-0.1, -0.05) is 30.3 Å². The molecule has 0 spiro atoms. The van der Waals surface area contributed by atoms with E-state index in [1.54, 1.807) is 12.4 Å². The maximum atomic E-state index is 13.0. The van der Waals surface area contributed by atoms with Crippen LogP contribution in [0.15, 0.2) is 61.2 Å². The highest BCUT2D eigenvalue weighted by atomic mass is 19.4. The molecule has 0 saturated heterocycles. The summed E-state index contributed by atoms with van der Waals surface area (Å²) < 4.78 is 38.9. The van der Waals surface area contributed by atoms with Crippen LogP contribution in [0.5, 0.6) is 0 Å². The number of anilines is 1. The number of nitrogens with zero attached hydrogens (tertiary/aromatic N) is 2. The third-order valence-corrected chi connectivity index (χ3v) is 4.10. The molecule has 3 aromatic rings. The van der Waals surface area contributed by atoms with Gasteiger partial charge in [-0.05, 0) is 35.7 Å². The summed E-state index contributed by atoms with van der Waals surface area (Å²) in [6, 6.07) is 10.5. The molecule has 0 aliphatic rings. The smallest absolute Gasteiger partial charge is 0.334 e. The summed E-state index contributed by atoms with van der Waals surface area (Å²) in [5.74, 6) is 0. The van der Waals surface area contributed by atoms with E-state index in [0.29, 0.717) is 0 Å². The Morgan fingerprint density at radius 3 is 2.32 bits per heavy atom. The first-order chi connectivity index (χ1) is 13.3. The van der Waals surface area contributed by atoms with E-state index in [1.807, 2.05) is 24.3 Å². The van der Waals surface area contributed by atoms with Crippen molar-refractivity contribution in [2.45, 2.75) is 19.6 Å². The summed E-state index contributed by atoms with van der Waals surface area (Å²) >= 11 is 0. The van der Waals surface area contributed by atoms with Gasteiger partial charge in [-0.2, -0.15) is 13.2 Å². The van der Waals surface area contributed by atoms with Crippen LogP contribution < -0.4 is 10.6 Å². The number of carbonyl (C=O) groups is 1. The Hall–Kier alpha value is -3.42. The number of aryl methyl sites for hydroxylation is 1. The minimum atomic E-state index is -4.47. The van der Waals surface area contributed by atoms with Gasteiger partial charge in [-0.3, -0.25) is 0 Å². The second kappa shape index (κ2) is 8.08. The molecule has 28 heavy (non-hydrogen) atoms. The summed E-state index contributed by atoms with van der Waals surface area (Å²) in [6.45, 7) is 1.60. The molecule has 2 amide bonds. The second-order valence-electron chi connectivity index (χ2n) is 6.16. The van der Waals surface area contributed by atoms with Crippen LogP contribution in [-0.4, -0.2) is 16.0 Å². The molecule has 0 unspecified atom stereocenters.